The molecule has 2 nitrogen and oxygen atoms in total. The fraction of sp³-hybridized carbons (Fsp3) is 0.500. The van der Waals surface area contributed by atoms with E-state index in [4.69, 9.17) is 4.74 Å². The summed E-state index contributed by atoms with van der Waals surface area (Å²) in [6.45, 7) is 1.84. The summed E-state index contributed by atoms with van der Waals surface area (Å²) in [4.78, 5) is 0. The fourth-order valence-electron chi connectivity index (χ4n) is 1.32. The van der Waals surface area contributed by atoms with Gasteiger partial charge in [0.1, 0.15) is 12.4 Å². The van der Waals surface area contributed by atoms with Crippen molar-refractivity contribution in [1.82, 2.24) is 5.32 Å². The first-order valence-corrected chi connectivity index (χ1v) is 3.73. The topological polar surface area (TPSA) is 21.3 Å². The lowest BCUT2D eigenvalue weighted by molar-refractivity contribution is 0.217. The third kappa shape index (κ3) is 0.897. The van der Waals surface area contributed by atoms with Crippen molar-refractivity contribution < 1.29 is 4.74 Å². The minimum absolute atomic E-state index is 0.751. The van der Waals surface area contributed by atoms with E-state index in [9.17, 15) is 0 Å². The molecule has 0 aromatic carbocycles. The molecule has 2 heterocycles. The molecule has 0 aromatic heterocycles. The third-order valence-corrected chi connectivity index (χ3v) is 1.83. The molecule has 54 valence electrons. The number of ether oxygens (including phenoxy) is 1. The van der Waals surface area contributed by atoms with E-state index in [0.717, 1.165) is 25.3 Å². The highest BCUT2D eigenvalue weighted by Crippen LogP contribution is 2.19. The highest BCUT2D eigenvalue weighted by Gasteiger charge is 2.12. The molecule has 0 bridgehead atoms. The van der Waals surface area contributed by atoms with Crippen LogP contribution in [0.25, 0.3) is 0 Å². The van der Waals surface area contributed by atoms with Crippen molar-refractivity contribution in [3.05, 3.63) is 23.6 Å². The van der Waals surface area contributed by atoms with Crippen LogP contribution in [0, 0.1) is 0 Å². The van der Waals surface area contributed by atoms with Crippen LogP contribution in [0.15, 0.2) is 23.6 Å². The van der Waals surface area contributed by atoms with Crippen LogP contribution >= 0.6 is 0 Å². The zero-order valence-electron chi connectivity index (χ0n) is 5.89. The Morgan fingerprint density at radius 3 is 3.40 bits per heavy atom. The summed E-state index contributed by atoms with van der Waals surface area (Å²) < 4.78 is 5.41. The Kier molecular flexibility index (Phi) is 1.38. The van der Waals surface area contributed by atoms with Crippen molar-refractivity contribution >= 4 is 0 Å². The van der Waals surface area contributed by atoms with Crippen molar-refractivity contribution in [1.29, 1.82) is 0 Å². The van der Waals surface area contributed by atoms with E-state index < -0.39 is 0 Å². The van der Waals surface area contributed by atoms with E-state index in [1.807, 2.05) is 6.08 Å². The summed E-state index contributed by atoms with van der Waals surface area (Å²) in [5.74, 6) is 1.15. The Labute approximate surface area is 60.6 Å². The van der Waals surface area contributed by atoms with Crippen molar-refractivity contribution in [3.63, 3.8) is 0 Å². The Hall–Kier alpha value is -0.920. The predicted octanol–water partition coefficient (Wildman–Crippen LogP) is 1.17. The standard InChI is InChI=1S/C8H11NO/c1-4-8-7(9-5-1)3-2-6-10-8/h2-3,9H,1,4-6H2. The molecule has 0 fully saturated rings. The van der Waals surface area contributed by atoms with E-state index in [1.54, 1.807) is 0 Å². The maximum Gasteiger partial charge on any atom is 0.120 e. The zero-order valence-corrected chi connectivity index (χ0v) is 5.89. The van der Waals surface area contributed by atoms with Gasteiger partial charge in [-0.15, -0.1) is 0 Å². The number of allylic oxidation sites excluding steroid dienone is 2. The molecule has 0 aromatic rings. The van der Waals surface area contributed by atoms with E-state index >= 15 is 0 Å². The van der Waals surface area contributed by atoms with Crippen LogP contribution in [0.5, 0.6) is 0 Å². The molecule has 10 heavy (non-hydrogen) atoms. The van der Waals surface area contributed by atoms with Crippen LogP contribution in [0.4, 0.5) is 0 Å². The smallest absolute Gasteiger partial charge is 0.120 e. The molecule has 0 amide bonds. The summed E-state index contributed by atoms with van der Waals surface area (Å²) in [6.07, 6.45) is 6.45. The number of nitrogens with one attached hydrogen (secondary N) is 1. The molecule has 0 aliphatic carbocycles. The normalized spacial score (nSPS) is 23.2. The molecular formula is C8H11NO. The van der Waals surface area contributed by atoms with Crippen molar-refractivity contribution in [2.75, 3.05) is 13.2 Å². The van der Waals surface area contributed by atoms with Crippen LogP contribution in [0.1, 0.15) is 12.8 Å². The highest BCUT2D eigenvalue weighted by molar-refractivity contribution is 5.25. The minimum atomic E-state index is 0.751. The molecular weight excluding hydrogens is 126 g/mol. The average molecular weight is 137 g/mol. The molecule has 0 saturated carbocycles. The van der Waals surface area contributed by atoms with Crippen LogP contribution in [0.3, 0.4) is 0 Å². The van der Waals surface area contributed by atoms with Gasteiger partial charge in [-0.3, -0.25) is 0 Å². The van der Waals surface area contributed by atoms with Gasteiger partial charge in [-0.05, 0) is 18.6 Å². The van der Waals surface area contributed by atoms with Crippen molar-refractivity contribution in [2.24, 2.45) is 0 Å². The molecule has 0 radical (unpaired) electrons. The van der Waals surface area contributed by atoms with Gasteiger partial charge < -0.3 is 10.1 Å². The second kappa shape index (κ2) is 2.37. The van der Waals surface area contributed by atoms with Gasteiger partial charge in [0.15, 0.2) is 0 Å². The number of hydrogen-bond donors (Lipinski definition) is 1. The first-order valence-electron chi connectivity index (χ1n) is 3.73. The fourth-order valence-corrected chi connectivity index (χ4v) is 1.32. The van der Waals surface area contributed by atoms with Gasteiger partial charge in [0, 0.05) is 13.0 Å². The molecule has 2 aliphatic rings. The quantitative estimate of drug-likeness (QED) is 0.541. The Bertz CT molecular complexity index is 193. The van der Waals surface area contributed by atoms with E-state index in [-0.39, 0.29) is 0 Å². The Balaban J connectivity index is 2.23. The zero-order chi connectivity index (χ0) is 6.81. The Morgan fingerprint density at radius 2 is 2.50 bits per heavy atom. The Morgan fingerprint density at radius 1 is 1.50 bits per heavy atom. The van der Waals surface area contributed by atoms with Crippen LogP contribution in [-0.4, -0.2) is 13.2 Å². The first kappa shape index (κ1) is 5.83. The molecule has 1 N–H and O–H groups in total. The highest BCUT2D eigenvalue weighted by atomic mass is 16.5. The molecule has 0 saturated heterocycles. The molecule has 2 heteroatoms. The maximum absolute atomic E-state index is 5.41. The van der Waals surface area contributed by atoms with Crippen molar-refractivity contribution in [3.8, 4) is 0 Å². The van der Waals surface area contributed by atoms with Gasteiger partial charge in [-0.1, -0.05) is 0 Å². The average Bonchev–Trinajstić information content (AvgIpc) is 2.05. The number of hydrogen-bond acceptors (Lipinski definition) is 2. The lowest BCUT2D eigenvalue weighted by Crippen LogP contribution is -2.23. The summed E-state index contributed by atoms with van der Waals surface area (Å²) >= 11 is 0. The van der Waals surface area contributed by atoms with E-state index in [0.29, 0.717) is 0 Å². The second-order valence-corrected chi connectivity index (χ2v) is 2.58. The second-order valence-electron chi connectivity index (χ2n) is 2.58. The van der Waals surface area contributed by atoms with Crippen LogP contribution in [0.2, 0.25) is 0 Å². The molecule has 0 spiro atoms. The predicted molar refractivity (Wildman–Crippen MR) is 39.4 cm³/mol. The third-order valence-electron chi connectivity index (χ3n) is 1.83. The van der Waals surface area contributed by atoms with Gasteiger partial charge in [0.25, 0.3) is 0 Å². The molecule has 2 rings (SSSR count). The van der Waals surface area contributed by atoms with Gasteiger partial charge in [-0.25, -0.2) is 0 Å². The van der Waals surface area contributed by atoms with E-state index in [2.05, 4.69) is 11.4 Å². The van der Waals surface area contributed by atoms with E-state index in [1.165, 1.54) is 12.1 Å². The number of rotatable bonds is 0. The van der Waals surface area contributed by atoms with Gasteiger partial charge >= 0.3 is 0 Å². The van der Waals surface area contributed by atoms with Gasteiger partial charge in [0.05, 0.1) is 5.70 Å². The van der Waals surface area contributed by atoms with Gasteiger partial charge in [-0.2, -0.15) is 0 Å². The summed E-state index contributed by atoms with van der Waals surface area (Å²) in [7, 11) is 0. The molecule has 0 atom stereocenters. The SMILES string of the molecule is C1=CC2=C(CCCN2)OC1. The van der Waals surface area contributed by atoms with Crippen LogP contribution in [-0.2, 0) is 4.74 Å². The minimum Gasteiger partial charge on any atom is -0.492 e. The summed E-state index contributed by atoms with van der Waals surface area (Å²) in [6, 6.07) is 0. The first-order chi connectivity index (χ1) is 4.97. The van der Waals surface area contributed by atoms with Crippen LogP contribution < -0.4 is 5.32 Å². The summed E-state index contributed by atoms with van der Waals surface area (Å²) in [5, 5.41) is 3.29. The van der Waals surface area contributed by atoms with Crippen molar-refractivity contribution in [2.45, 2.75) is 12.8 Å². The molecule has 2 aliphatic heterocycles. The largest absolute Gasteiger partial charge is 0.492 e. The molecule has 0 unspecified atom stereocenters. The van der Waals surface area contributed by atoms with Gasteiger partial charge in [0.2, 0.25) is 0 Å². The lowest BCUT2D eigenvalue weighted by atomic mass is 10.1. The summed E-state index contributed by atoms with van der Waals surface area (Å²) in [5.41, 5.74) is 1.19. The monoisotopic (exact) mass is 137 g/mol. The lowest BCUT2D eigenvalue weighted by Gasteiger charge is -2.22. The maximum atomic E-state index is 5.41.